The molecule has 3 rings (SSSR count). The lowest BCUT2D eigenvalue weighted by Gasteiger charge is -2.35. The molecule has 0 radical (unpaired) electrons. The molecule has 1 aromatic heterocycles. The Morgan fingerprint density at radius 2 is 2.00 bits per heavy atom. The van der Waals surface area contributed by atoms with Crippen LogP contribution in [0.3, 0.4) is 0 Å². The van der Waals surface area contributed by atoms with Crippen LogP contribution in [0.5, 0.6) is 0 Å². The number of carbonyl (C=O) groups is 1. The van der Waals surface area contributed by atoms with Crippen molar-refractivity contribution >= 4 is 22.6 Å². The number of pyridine rings is 1. The molecule has 0 spiro atoms. The van der Waals surface area contributed by atoms with E-state index in [1.807, 2.05) is 51.1 Å². The molecule has 1 aliphatic rings. The number of fused-ring (bicyclic) bond motifs is 1. The zero-order chi connectivity index (χ0) is 16.4. The van der Waals surface area contributed by atoms with Crippen LogP contribution in [0.25, 0.3) is 10.9 Å². The third kappa shape index (κ3) is 3.63. The number of nitrogens with one attached hydrogen (secondary N) is 1. The van der Waals surface area contributed by atoms with Gasteiger partial charge in [-0.1, -0.05) is 24.6 Å². The Morgan fingerprint density at radius 1 is 1.26 bits per heavy atom. The van der Waals surface area contributed by atoms with Crippen LogP contribution in [0.15, 0.2) is 36.5 Å². The summed E-state index contributed by atoms with van der Waals surface area (Å²) < 4.78 is 5.62. The number of carbonyl (C=O) groups excluding carboxylic acids is 1. The van der Waals surface area contributed by atoms with Gasteiger partial charge in [0.2, 0.25) is 0 Å². The van der Waals surface area contributed by atoms with Gasteiger partial charge in [-0.3, -0.25) is 4.98 Å². The lowest BCUT2D eigenvalue weighted by molar-refractivity contribution is -0.157. The fourth-order valence-corrected chi connectivity index (χ4v) is 2.90. The van der Waals surface area contributed by atoms with Crippen LogP contribution in [0.1, 0.15) is 40.0 Å². The summed E-state index contributed by atoms with van der Waals surface area (Å²) in [5, 5.41) is 4.47. The molecule has 1 atom stereocenters. The van der Waals surface area contributed by atoms with Gasteiger partial charge in [0.15, 0.2) is 0 Å². The SMILES string of the molecule is CC(C)(C)OC(=O)[C@H](Nc1cccc2cccnc12)C1CCC1. The second kappa shape index (κ2) is 6.19. The third-order valence-electron chi connectivity index (χ3n) is 4.23. The van der Waals surface area contributed by atoms with Gasteiger partial charge in [0.1, 0.15) is 11.6 Å². The Bertz CT molecular complexity index is 697. The quantitative estimate of drug-likeness (QED) is 0.861. The van der Waals surface area contributed by atoms with Crippen LogP contribution in [-0.2, 0) is 9.53 Å². The minimum absolute atomic E-state index is 0.171. The first-order valence-electron chi connectivity index (χ1n) is 8.27. The van der Waals surface area contributed by atoms with Gasteiger partial charge in [0, 0.05) is 11.6 Å². The van der Waals surface area contributed by atoms with E-state index in [9.17, 15) is 4.79 Å². The Morgan fingerprint density at radius 3 is 2.65 bits per heavy atom. The van der Waals surface area contributed by atoms with E-state index in [-0.39, 0.29) is 12.0 Å². The average Bonchev–Trinajstić information content (AvgIpc) is 2.43. The van der Waals surface area contributed by atoms with Gasteiger partial charge >= 0.3 is 5.97 Å². The van der Waals surface area contributed by atoms with Crippen molar-refractivity contribution in [2.75, 3.05) is 5.32 Å². The van der Waals surface area contributed by atoms with Crippen molar-refractivity contribution in [1.29, 1.82) is 0 Å². The second-order valence-electron chi connectivity index (χ2n) is 7.23. The number of hydrogen-bond donors (Lipinski definition) is 1. The largest absolute Gasteiger partial charge is 0.458 e. The number of anilines is 1. The lowest BCUT2D eigenvalue weighted by Crippen LogP contribution is -2.44. The Hall–Kier alpha value is -2.10. The molecule has 4 nitrogen and oxygen atoms in total. The lowest BCUT2D eigenvalue weighted by atomic mass is 9.79. The Labute approximate surface area is 137 Å². The second-order valence-corrected chi connectivity index (χ2v) is 7.23. The monoisotopic (exact) mass is 312 g/mol. The maximum atomic E-state index is 12.6. The number of benzene rings is 1. The van der Waals surface area contributed by atoms with E-state index in [2.05, 4.69) is 10.3 Å². The topological polar surface area (TPSA) is 51.2 Å². The molecule has 1 fully saturated rings. The van der Waals surface area contributed by atoms with Crippen molar-refractivity contribution in [2.24, 2.45) is 5.92 Å². The number of esters is 1. The van der Waals surface area contributed by atoms with Crippen molar-refractivity contribution in [3.05, 3.63) is 36.5 Å². The maximum absolute atomic E-state index is 12.6. The molecule has 4 heteroatoms. The van der Waals surface area contributed by atoms with Crippen LogP contribution >= 0.6 is 0 Å². The summed E-state index contributed by atoms with van der Waals surface area (Å²) in [6.07, 6.45) is 5.09. The fraction of sp³-hybridized carbons (Fsp3) is 0.474. The number of rotatable bonds is 4. The summed E-state index contributed by atoms with van der Waals surface area (Å²) in [4.78, 5) is 17.1. The molecule has 0 aliphatic heterocycles. The molecule has 1 heterocycles. The first kappa shape index (κ1) is 15.8. The molecule has 2 aromatic rings. The molecular formula is C19H24N2O2. The van der Waals surface area contributed by atoms with Crippen LogP contribution in [0.2, 0.25) is 0 Å². The van der Waals surface area contributed by atoms with Gasteiger partial charge in [0.25, 0.3) is 0 Å². The van der Waals surface area contributed by atoms with E-state index in [4.69, 9.17) is 4.74 Å². The van der Waals surface area contributed by atoms with E-state index in [0.717, 1.165) is 29.4 Å². The summed E-state index contributed by atoms with van der Waals surface area (Å²) in [6.45, 7) is 5.71. The molecule has 0 amide bonds. The fourth-order valence-electron chi connectivity index (χ4n) is 2.90. The van der Waals surface area contributed by atoms with Crippen molar-refractivity contribution in [2.45, 2.75) is 51.7 Å². The first-order chi connectivity index (χ1) is 10.9. The van der Waals surface area contributed by atoms with Gasteiger partial charge in [-0.2, -0.15) is 0 Å². The number of hydrogen-bond acceptors (Lipinski definition) is 4. The van der Waals surface area contributed by atoms with Gasteiger partial charge in [-0.05, 0) is 51.7 Å². The standard InChI is InChI=1S/C19H24N2O2/c1-19(2,3)23-18(22)17(14-7-4-8-14)21-15-11-5-9-13-10-6-12-20-16(13)15/h5-6,9-12,14,17,21H,4,7-8H2,1-3H3/t17-/m1/s1. The average molecular weight is 312 g/mol. The minimum Gasteiger partial charge on any atom is -0.458 e. The predicted octanol–water partition coefficient (Wildman–Crippen LogP) is 4.16. The van der Waals surface area contributed by atoms with Crippen molar-refractivity contribution in [1.82, 2.24) is 4.98 Å². The summed E-state index contributed by atoms with van der Waals surface area (Å²) in [5.74, 6) is 0.166. The maximum Gasteiger partial charge on any atom is 0.329 e. The van der Waals surface area contributed by atoms with Crippen LogP contribution in [-0.4, -0.2) is 22.6 Å². The van der Waals surface area contributed by atoms with E-state index in [1.54, 1.807) is 6.20 Å². The molecule has 23 heavy (non-hydrogen) atoms. The molecule has 122 valence electrons. The normalized spacial score (nSPS) is 16.7. The highest BCUT2D eigenvalue weighted by atomic mass is 16.6. The first-order valence-corrected chi connectivity index (χ1v) is 8.27. The number of nitrogens with zero attached hydrogens (tertiary/aromatic N) is 1. The number of aromatic nitrogens is 1. The molecule has 0 unspecified atom stereocenters. The summed E-state index contributed by atoms with van der Waals surface area (Å²) in [7, 11) is 0. The van der Waals surface area contributed by atoms with E-state index in [0.29, 0.717) is 5.92 Å². The molecule has 0 bridgehead atoms. The highest BCUT2D eigenvalue weighted by Gasteiger charge is 2.35. The van der Waals surface area contributed by atoms with E-state index < -0.39 is 5.60 Å². The Balaban J connectivity index is 1.87. The minimum atomic E-state index is -0.474. The molecule has 1 aromatic carbocycles. The molecular weight excluding hydrogens is 288 g/mol. The van der Waals surface area contributed by atoms with Gasteiger partial charge < -0.3 is 10.1 Å². The zero-order valence-electron chi connectivity index (χ0n) is 14.0. The van der Waals surface area contributed by atoms with E-state index in [1.165, 1.54) is 6.42 Å². The molecule has 1 aliphatic carbocycles. The van der Waals surface area contributed by atoms with E-state index >= 15 is 0 Å². The Kier molecular flexibility index (Phi) is 4.24. The predicted molar refractivity (Wildman–Crippen MR) is 92.3 cm³/mol. The summed E-state index contributed by atoms with van der Waals surface area (Å²) in [5.41, 5.74) is 1.31. The van der Waals surface area contributed by atoms with Gasteiger partial charge in [-0.15, -0.1) is 0 Å². The summed E-state index contributed by atoms with van der Waals surface area (Å²) >= 11 is 0. The van der Waals surface area contributed by atoms with Crippen LogP contribution in [0, 0.1) is 5.92 Å². The highest BCUT2D eigenvalue weighted by Crippen LogP contribution is 2.33. The molecule has 1 saturated carbocycles. The molecule has 0 saturated heterocycles. The van der Waals surface area contributed by atoms with Crippen LogP contribution in [0.4, 0.5) is 5.69 Å². The number of ether oxygens (including phenoxy) is 1. The summed E-state index contributed by atoms with van der Waals surface area (Å²) in [6, 6.07) is 9.63. The van der Waals surface area contributed by atoms with Gasteiger partial charge in [-0.25, -0.2) is 4.79 Å². The zero-order valence-corrected chi connectivity index (χ0v) is 14.0. The number of para-hydroxylation sites is 1. The smallest absolute Gasteiger partial charge is 0.329 e. The third-order valence-corrected chi connectivity index (χ3v) is 4.23. The van der Waals surface area contributed by atoms with Crippen molar-refractivity contribution in [3.8, 4) is 0 Å². The van der Waals surface area contributed by atoms with Crippen molar-refractivity contribution in [3.63, 3.8) is 0 Å². The molecule has 1 N–H and O–H groups in total. The highest BCUT2D eigenvalue weighted by molar-refractivity contribution is 5.92. The van der Waals surface area contributed by atoms with Gasteiger partial charge in [0.05, 0.1) is 11.2 Å². The van der Waals surface area contributed by atoms with Crippen molar-refractivity contribution < 1.29 is 9.53 Å². The van der Waals surface area contributed by atoms with Crippen LogP contribution < -0.4 is 5.32 Å².